The van der Waals surface area contributed by atoms with Gasteiger partial charge in [-0.15, -0.1) is 0 Å². The van der Waals surface area contributed by atoms with E-state index in [2.05, 4.69) is 0 Å². The van der Waals surface area contributed by atoms with Crippen LogP contribution in [0.2, 0.25) is 0 Å². The highest BCUT2D eigenvalue weighted by Crippen LogP contribution is 2.30. The highest BCUT2D eigenvalue weighted by atomic mass is 16.7. The van der Waals surface area contributed by atoms with Gasteiger partial charge in [0.15, 0.2) is 12.6 Å². The van der Waals surface area contributed by atoms with Crippen LogP contribution in [-0.4, -0.2) is 140 Å². The molecule has 176 valence electrons. The third-order valence-electron chi connectivity index (χ3n) is 5.58. The summed E-state index contributed by atoms with van der Waals surface area (Å²) in [5.74, 6) is 0. The van der Waals surface area contributed by atoms with E-state index in [1.807, 2.05) is 0 Å². The van der Waals surface area contributed by atoms with E-state index in [4.69, 9.17) is 23.7 Å². The summed E-state index contributed by atoms with van der Waals surface area (Å²) in [4.78, 5) is 0. The lowest BCUT2D eigenvalue weighted by atomic mass is 9.97. The van der Waals surface area contributed by atoms with Crippen molar-refractivity contribution in [2.24, 2.45) is 0 Å². The van der Waals surface area contributed by atoms with Gasteiger partial charge in [-0.05, 0) is 6.92 Å². The van der Waals surface area contributed by atoms with E-state index in [0.29, 0.717) is 0 Å². The van der Waals surface area contributed by atoms with E-state index < -0.39 is 86.3 Å². The molecule has 13 nitrogen and oxygen atoms in total. The van der Waals surface area contributed by atoms with Gasteiger partial charge in [-0.25, -0.2) is 0 Å². The zero-order valence-electron chi connectivity index (χ0n) is 16.2. The Kier molecular flexibility index (Phi) is 8.01. The molecule has 30 heavy (non-hydrogen) atoms. The average molecular weight is 442 g/mol. The Morgan fingerprint density at radius 3 is 1.97 bits per heavy atom. The van der Waals surface area contributed by atoms with E-state index >= 15 is 0 Å². The topological polar surface area (TPSA) is 208 Å². The van der Waals surface area contributed by atoms with Crippen molar-refractivity contribution in [3.63, 3.8) is 0 Å². The van der Waals surface area contributed by atoms with E-state index in [1.54, 1.807) is 6.92 Å². The van der Waals surface area contributed by atoms with Crippen LogP contribution in [0.5, 0.6) is 0 Å². The molecular formula is C17H30O13. The van der Waals surface area contributed by atoms with Crippen molar-refractivity contribution in [3.05, 3.63) is 0 Å². The third-order valence-corrected chi connectivity index (χ3v) is 5.58. The van der Waals surface area contributed by atoms with Gasteiger partial charge in [0.1, 0.15) is 61.0 Å². The molecule has 8 N–H and O–H groups in total. The van der Waals surface area contributed by atoms with Gasteiger partial charge in [-0.2, -0.15) is 0 Å². The van der Waals surface area contributed by atoms with E-state index in [0.717, 1.165) is 0 Å². The molecule has 3 fully saturated rings. The van der Waals surface area contributed by atoms with Gasteiger partial charge in [0.25, 0.3) is 0 Å². The predicted octanol–water partition coefficient (Wildman–Crippen LogP) is -5.22. The van der Waals surface area contributed by atoms with Gasteiger partial charge in [-0.3, -0.25) is 0 Å². The second-order valence-electron chi connectivity index (χ2n) is 7.75. The fraction of sp³-hybridized carbons (Fsp3) is 1.00. The minimum atomic E-state index is -1.69. The summed E-state index contributed by atoms with van der Waals surface area (Å²) in [6.45, 7) is 0.491. The van der Waals surface area contributed by atoms with Crippen molar-refractivity contribution in [2.45, 2.75) is 86.6 Å². The molecule has 3 saturated heterocycles. The Bertz CT molecular complexity index is 550. The fourth-order valence-electron chi connectivity index (χ4n) is 3.67. The smallest absolute Gasteiger partial charge is 0.187 e. The number of ether oxygens (including phenoxy) is 5. The predicted molar refractivity (Wildman–Crippen MR) is 92.7 cm³/mol. The van der Waals surface area contributed by atoms with Crippen molar-refractivity contribution in [1.29, 1.82) is 0 Å². The molecule has 3 aliphatic rings. The van der Waals surface area contributed by atoms with Crippen molar-refractivity contribution >= 4 is 0 Å². The van der Waals surface area contributed by atoms with Gasteiger partial charge in [-0.1, -0.05) is 0 Å². The first-order valence-corrected chi connectivity index (χ1v) is 9.72. The van der Waals surface area contributed by atoms with Crippen molar-refractivity contribution < 1.29 is 64.5 Å². The van der Waals surface area contributed by atoms with Crippen LogP contribution in [0.1, 0.15) is 6.92 Å². The Morgan fingerprint density at radius 1 is 0.700 bits per heavy atom. The molecule has 0 amide bonds. The van der Waals surface area contributed by atoms with Crippen LogP contribution >= 0.6 is 0 Å². The molecule has 0 aromatic rings. The largest absolute Gasteiger partial charge is 0.394 e. The molecule has 0 bridgehead atoms. The van der Waals surface area contributed by atoms with Gasteiger partial charge in [0, 0.05) is 0 Å². The lowest BCUT2D eigenvalue weighted by Crippen LogP contribution is -2.64. The van der Waals surface area contributed by atoms with E-state index in [-0.39, 0.29) is 13.2 Å². The zero-order chi connectivity index (χ0) is 22.2. The van der Waals surface area contributed by atoms with Crippen LogP contribution in [0.25, 0.3) is 0 Å². The molecule has 0 aliphatic carbocycles. The Balaban J connectivity index is 1.73. The van der Waals surface area contributed by atoms with Crippen LogP contribution in [-0.2, 0) is 23.7 Å². The second-order valence-corrected chi connectivity index (χ2v) is 7.75. The van der Waals surface area contributed by atoms with Crippen molar-refractivity contribution in [1.82, 2.24) is 0 Å². The molecule has 3 rings (SSSR count). The maximum atomic E-state index is 10.4. The molecule has 0 unspecified atom stereocenters. The van der Waals surface area contributed by atoms with Gasteiger partial charge in [0.2, 0.25) is 0 Å². The number of aliphatic hydroxyl groups excluding tert-OH is 8. The van der Waals surface area contributed by atoms with E-state index in [9.17, 15) is 40.9 Å². The Morgan fingerprint density at radius 2 is 1.30 bits per heavy atom. The summed E-state index contributed by atoms with van der Waals surface area (Å²) in [6, 6.07) is 0. The van der Waals surface area contributed by atoms with E-state index in [1.165, 1.54) is 0 Å². The molecule has 0 radical (unpaired) electrons. The van der Waals surface area contributed by atoms with Gasteiger partial charge >= 0.3 is 0 Å². The number of rotatable bonds is 5. The summed E-state index contributed by atoms with van der Waals surface area (Å²) in [7, 11) is 0. The summed E-state index contributed by atoms with van der Waals surface area (Å²) in [5, 5.41) is 79.2. The summed E-state index contributed by atoms with van der Waals surface area (Å²) in [6.07, 6.45) is -17.7. The summed E-state index contributed by atoms with van der Waals surface area (Å²) in [5.41, 5.74) is 0. The molecule has 13 atom stereocenters. The van der Waals surface area contributed by atoms with Gasteiger partial charge in [0.05, 0.1) is 25.9 Å². The van der Waals surface area contributed by atoms with Crippen LogP contribution in [0.4, 0.5) is 0 Å². The van der Waals surface area contributed by atoms with Crippen LogP contribution in [0.3, 0.4) is 0 Å². The maximum absolute atomic E-state index is 10.4. The summed E-state index contributed by atoms with van der Waals surface area (Å²) >= 11 is 0. The zero-order valence-corrected chi connectivity index (χ0v) is 16.2. The lowest BCUT2D eigenvalue weighted by molar-refractivity contribution is -0.356. The highest BCUT2D eigenvalue weighted by Gasteiger charge is 2.50. The maximum Gasteiger partial charge on any atom is 0.187 e. The molecule has 3 heterocycles. The quantitative estimate of drug-likeness (QED) is 0.200. The monoisotopic (exact) mass is 442 g/mol. The Labute approximate surface area is 171 Å². The Hall–Kier alpha value is -0.520. The first-order chi connectivity index (χ1) is 14.1. The molecule has 13 heteroatoms. The summed E-state index contributed by atoms with van der Waals surface area (Å²) < 4.78 is 27.3. The minimum absolute atomic E-state index is 0.154. The molecule has 0 aromatic heterocycles. The molecule has 0 aromatic carbocycles. The first-order valence-electron chi connectivity index (χ1n) is 9.72. The molecule has 3 aliphatic heterocycles. The standard InChI is InChI=1S/C17H30O13/c1-5-14(29-16-12(24)9(21)6(19)3-27-16)15(7(20)4-26-5)30-17-13(25)11(23)10(22)8(2-18)28-17/h5-25H,2-4H2,1H3/t5-,6+,7-,8+,9-,10+,11-,12+,13+,14-,15-,16-,17-/m0/s1. The van der Waals surface area contributed by atoms with Crippen molar-refractivity contribution in [3.8, 4) is 0 Å². The van der Waals surface area contributed by atoms with Gasteiger partial charge < -0.3 is 64.5 Å². The average Bonchev–Trinajstić information content (AvgIpc) is 2.73. The normalized spacial score (nSPS) is 52.9. The molecule has 0 saturated carbocycles. The molecule has 0 spiro atoms. The van der Waals surface area contributed by atoms with Crippen LogP contribution < -0.4 is 0 Å². The second kappa shape index (κ2) is 9.95. The minimum Gasteiger partial charge on any atom is -0.394 e. The first kappa shape index (κ1) is 24.1. The van der Waals surface area contributed by atoms with Crippen molar-refractivity contribution in [2.75, 3.05) is 19.8 Å². The van der Waals surface area contributed by atoms with Crippen LogP contribution in [0.15, 0.2) is 0 Å². The molecular weight excluding hydrogens is 412 g/mol. The third kappa shape index (κ3) is 4.78. The number of hydrogen-bond donors (Lipinski definition) is 8. The number of aliphatic hydroxyl groups is 8. The highest BCUT2D eigenvalue weighted by molar-refractivity contribution is 4.93. The lowest BCUT2D eigenvalue weighted by Gasteiger charge is -2.46. The number of hydrogen-bond acceptors (Lipinski definition) is 13. The SMILES string of the molecule is C[C@@H]1OC[C@H](O)[C@H](O[C@@H]2O[C@H](CO)[C@@H](O)[C@H](O)[C@H]2O)[C@H]1O[C@@H]1OC[C@@H](O)[C@H](O)[C@H]1O. The van der Waals surface area contributed by atoms with Crippen LogP contribution in [0, 0.1) is 0 Å². The fourth-order valence-corrected chi connectivity index (χ4v) is 3.67.